The Morgan fingerprint density at radius 1 is 1.10 bits per heavy atom. The van der Waals surface area contributed by atoms with Crippen molar-refractivity contribution in [1.29, 1.82) is 0 Å². The third-order valence-corrected chi connectivity index (χ3v) is 6.54. The highest BCUT2D eigenvalue weighted by Gasteiger charge is 2.45. The first-order valence-corrected chi connectivity index (χ1v) is 11.2. The minimum absolute atomic E-state index is 0.0806. The van der Waals surface area contributed by atoms with Crippen LogP contribution in [-0.4, -0.2) is 36.3 Å². The molecule has 0 radical (unpaired) electrons. The predicted octanol–water partition coefficient (Wildman–Crippen LogP) is 4.36. The number of rotatable bonds is 6. The number of nitrogens with zero attached hydrogens (tertiary/aromatic N) is 1. The molecular formula is C26H32N2O2. The topological polar surface area (TPSA) is 49.4 Å². The lowest BCUT2D eigenvalue weighted by atomic mass is 9.73. The van der Waals surface area contributed by atoms with Crippen molar-refractivity contribution < 1.29 is 9.59 Å². The lowest BCUT2D eigenvalue weighted by molar-refractivity contribution is -0.142. The van der Waals surface area contributed by atoms with Crippen LogP contribution in [0.1, 0.15) is 43.7 Å². The van der Waals surface area contributed by atoms with Crippen molar-refractivity contribution in [3.05, 3.63) is 59.7 Å². The fraction of sp³-hybridized carbons (Fsp3) is 0.462. The van der Waals surface area contributed by atoms with Gasteiger partial charge in [0.1, 0.15) is 0 Å². The average molecular weight is 405 g/mol. The molecule has 2 aliphatic rings. The number of carbonyl (C=O) groups excluding carboxylic acids is 2. The summed E-state index contributed by atoms with van der Waals surface area (Å²) in [5.41, 5.74) is 4.18. The summed E-state index contributed by atoms with van der Waals surface area (Å²) in [4.78, 5) is 28.1. The van der Waals surface area contributed by atoms with Gasteiger partial charge in [0.25, 0.3) is 0 Å². The number of hydrogen-bond acceptors (Lipinski definition) is 2. The van der Waals surface area contributed by atoms with Crippen molar-refractivity contribution in [2.75, 3.05) is 19.6 Å². The third kappa shape index (κ3) is 4.28. The summed E-state index contributed by atoms with van der Waals surface area (Å²) in [6, 6.07) is 16.9. The smallest absolute Gasteiger partial charge is 0.228 e. The van der Waals surface area contributed by atoms with Gasteiger partial charge in [0, 0.05) is 25.6 Å². The zero-order valence-electron chi connectivity index (χ0n) is 18.1. The zero-order chi connectivity index (χ0) is 21.1. The van der Waals surface area contributed by atoms with Gasteiger partial charge in [-0.3, -0.25) is 9.59 Å². The van der Waals surface area contributed by atoms with E-state index in [1.807, 2.05) is 17.9 Å². The highest BCUT2D eigenvalue weighted by atomic mass is 16.2. The number of amides is 2. The molecule has 0 spiro atoms. The minimum atomic E-state index is -0.570. The van der Waals surface area contributed by atoms with E-state index >= 15 is 0 Å². The van der Waals surface area contributed by atoms with Crippen molar-refractivity contribution in [1.82, 2.24) is 10.2 Å². The van der Waals surface area contributed by atoms with Crippen molar-refractivity contribution in [2.24, 2.45) is 11.3 Å². The first-order chi connectivity index (χ1) is 14.5. The Hall–Kier alpha value is -2.62. The van der Waals surface area contributed by atoms with E-state index in [1.165, 1.54) is 22.3 Å². The molecule has 30 heavy (non-hydrogen) atoms. The Morgan fingerprint density at radius 3 is 2.53 bits per heavy atom. The summed E-state index contributed by atoms with van der Waals surface area (Å²) in [5, 5.41) is 3.07. The van der Waals surface area contributed by atoms with E-state index in [9.17, 15) is 9.59 Å². The van der Waals surface area contributed by atoms with Crippen molar-refractivity contribution >= 4 is 11.8 Å². The number of aryl methyl sites for hydroxylation is 1. The molecule has 0 unspecified atom stereocenters. The van der Waals surface area contributed by atoms with Gasteiger partial charge in [-0.2, -0.15) is 0 Å². The third-order valence-electron chi connectivity index (χ3n) is 6.54. The number of carbonyl (C=O) groups is 2. The Bertz CT molecular complexity index is 917. The molecule has 1 atom stereocenters. The summed E-state index contributed by atoms with van der Waals surface area (Å²) in [6.45, 7) is 5.96. The number of nitrogens with one attached hydrogen (secondary N) is 1. The summed E-state index contributed by atoms with van der Waals surface area (Å²) in [6.07, 6.45) is 4.34. The van der Waals surface area contributed by atoms with E-state index < -0.39 is 5.41 Å². The molecule has 2 amide bonds. The Kier molecular flexibility index (Phi) is 5.94. The maximum Gasteiger partial charge on any atom is 0.228 e. The second-order valence-corrected chi connectivity index (χ2v) is 8.98. The molecule has 1 aliphatic carbocycles. The largest absolute Gasteiger partial charge is 0.356 e. The lowest BCUT2D eigenvalue weighted by Gasteiger charge is -2.42. The maximum atomic E-state index is 13.3. The Labute approximate surface area is 179 Å². The fourth-order valence-corrected chi connectivity index (χ4v) is 4.72. The normalized spacial score (nSPS) is 21.3. The first-order valence-electron chi connectivity index (χ1n) is 11.2. The van der Waals surface area contributed by atoms with Crippen LogP contribution in [0.3, 0.4) is 0 Å². The number of hydrogen-bond donors (Lipinski definition) is 1. The summed E-state index contributed by atoms with van der Waals surface area (Å²) >= 11 is 0. The Balaban J connectivity index is 1.67. The lowest BCUT2D eigenvalue weighted by Crippen LogP contribution is -2.54. The molecule has 2 aromatic rings. The SMILES string of the molecule is CCNC(=O)[C@]1(Cc2ccccc2-c2ccc(C)cc2)CCCN(C(=O)C2CC2)C1. The molecule has 1 aliphatic heterocycles. The van der Waals surface area contributed by atoms with E-state index in [2.05, 4.69) is 54.7 Å². The van der Waals surface area contributed by atoms with Crippen LogP contribution in [0.5, 0.6) is 0 Å². The molecule has 0 aromatic heterocycles. The molecule has 1 heterocycles. The van der Waals surface area contributed by atoms with E-state index in [-0.39, 0.29) is 17.7 Å². The molecule has 4 rings (SSSR count). The quantitative estimate of drug-likeness (QED) is 0.778. The molecule has 158 valence electrons. The van der Waals surface area contributed by atoms with Crippen LogP contribution in [0, 0.1) is 18.3 Å². The van der Waals surface area contributed by atoms with Crippen molar-refractivity contribution in [2.45, 2.75) is 46.0 Å². The van der Waals surface area contributed by atoms with Crippen LogP contribution in [0.15, 0.2) is 48.5 Å². The van der Waals surface area contributed by atoms with Gasteiger partial charge in [-0.05, 0) is 62.6 Å². The monoisotopic (exact) mass is 404 g/mol. The number of benzene rings is 2. The maximum absolute atomic E-state index is 13.3. The van der Waals surface area contributed by atoms with E-state index in [0.29, 0.717) is 19.5 Å². The molecule has 2 aromatic carbocycles. The van der Waals surface area contributed by atoms with Crippen LogP contribution in [0.25, 0.3) is 11.1 Å². The molecule has 0 bridgehead atoms. The van der Waals surface area contributed by atoms with Crippen molar-refractivity contribution in [3.63, 3.8) is 0 Å². The zero-order valence-corrected chi connectivity index (χ0v) is 18.1. The van der Waals surface area contributed by atoms with Crippen LogP contribution < -0.4 is 5.32 Å². The average Bonchev–Trinajstić information content (AvgIpc) is 3.60. The van der Waals surface area contributed by atoms with E-state index in [4.69, 9.17) is 0 Å². The van der Waals surface area contributed by atoms with Crippen LogP contribution in [-0.2, 0) is 16.0 Å². The standard InChI is InChI=1S/C26H32N2O2/c1-3-27-25(30)26(15-6-16-28(18-26)24(29)21-13-14-21)17-22-7-4-5-8-23(22)20-11-9-19(2)10-12-20/h4-5,7-12,21H,3,6,13-18H2,1-2H3,(H,27,30)/t26-/m0/s1. The van der Waals surface area contributed by atoms with Crippen LogP contribution in [0.2, 0.25) is 0 Å². The number of piperidine rings is 1. The molecular weight excluding hydrogens is 372 g/mol. The second-order valence-electron chi connectivity index (χ2n) is 8.98. The highest BCUT2D eigenvalue weighted by molar-refractivity contribution is 5.86. The van der Waals surface area contributed by atoms with Gasteiger partial charge in [0.2, 0.25) is 11.8 Å². The summed E-state index contributed by atoms with van der Waals surface area (Å²) < 4.78 is 0. The molecule has 1 saturated heterocycles. The molecule has 4 heteroatoms. The highest BCUT2D eigenvalue weighted by Crippen LogP contribution is 2.39. The van der Waals surface area contributed by atoms with Gasteiger partial charge < -0.3 is 10.2 Å². The van der Waals surface area contributed by atoms with Gasteiger partial charge in [0.15, 0.2) is 0 Å². The van der Waals surface area contributed by atoms with Gasteiger partial charge in [-0.25, -0.2) is 0 Å². The summed E-state index contributed by atoms with van der Waals surface area (Å²) in [7, 11) is 0. The van der Waals surface area contributed by atoms with Crippen LogP contribution in [0.4, 0.5) is 0 Å². The minimum Gasteiger partial charge on any atom is -0.356 e. The van der Waals surface area contributed by atoms with Gasteiger partial charge in [-0.15, -0.1) is 0 Å². The second kappa shape index (κ2) is 8.63. The van der Waals surface area contributed by atoms with Gasteiger partial charge >= 0.3 is 0 Å². The van der Waals surface area contributed by atoms with Gasteiger partial charge in [-0.1, -0.05) is 54.1 Å². The molecule has 1 N–H and O–H groups in total. The fourth-order valence-electron chi connectivity index (χ4n) is 4.72. The predicted molar refractivity (Wildman–Crippen MR) is 120 cm³/mol. The Morgan fingerprint density at radius 2 is 1.83 bits per heavy atom. The van der Waals surface area contributed by atoms with Crippen molar-refractivity contribution in [3.8, 4) is 11.1 Å². The number of likely N-dealkylation sites (tertiary alicyclic amines) is 1. The van der Waals surface area contributed by atoms with Gasteiger partial charge in [0.05, 0.1) is 5.41 Å². The summed E-state index contributed by atoms with van der Waals surface area (Å²) in [5.74, 6) is 0.516. The molecule has 4 nitrogen and oxygen atoms in total. The molecule has 2 fully saturated rings. The molecule has 1 saturated carbocycles. The van der Waals surface area contributed by atoms with E-state index in [0.717, 1.165) is 32.2 Å². The first kappa shape index (κ1) is 20.6. The van der Waals surface area contributed by atoms with Crippen LogP contribution >= 0.6 is 0 Å². The van der Waals surface area contributed by atoms with E-state index in [1.54, 1.807) is 0 Å².